The van der Waals surface area contributed by atoms with Crippen LogP contribution in [0.3, 0.4) is 0 Å². The molecule has 0 N–H and O–H groups in total. The second-order valence-corrected chi connectivity index (χ2v) is 8.19. The predicted molar refractivity (Wildman–Crippen MR) is 118 cm³/mol. The number of hydrogen-bond donors (Lipinski definition) is 0. The van der Waals surface area contributed by atoms with Crippen molar-refractivity contribution in [2.24, 2.45) is 0 Å². The average Bonchev–Trinajstić information content (AvgIpc) is 3.23. The van der Waals surface area contributed by atoms with E-state index in [1.54, 1.807) is 23.5 Å². The van der Waals surface area contributed by atoms with Gasteiger partial charge >= 0.3 is 0 Å². The Morgan fingerprint density at radius 3 is 2.55 bits per heavy atom. The molecule has 0 unspecified atom stereocenters. The van der Waals surface area contributed by atoms with E-state index in [0.29, 0.717) is 12.4 Å². The van der Waals surface area contributed by atoms with Crippen LogP contribution >= 0.6 is 11.3 Å². The molecule has 29 heavy (non-hydrogen) atoms. The first-order chi connectivity index (χ1) is 14.2. The maximum absolute atomic E-state index is 10.7. The molecule has 0 saturated carbocycles. The van der Waals surface area contributed by atoms with E-state index in [1.165, 1.54) is 27.9 Å². The SMILES string of the molecule is O=[N+]([O-])c1ccc(OCCCCN2CCN(c3cccc4sccc34)CC2)cc1. The molecule has 0 radical (unpaired) electrons. The Morgan fingerprint density at radius 1 is 1.00 bits per heavy atom. The van der Waals surface area contributed by atoms with E-state index >= 15 is 0 Å². The van der Waals surface area contributed by atoms with Crippen molar-refractivity contribution in [1.82, 2.24) is 4.90 Å². The van der Waals surface area contributed by atoms with Gasteiger partial charge in [-0.3, -0.25) is 15.0 Å². The number of nitrogens with zero attached hydrogens (tertiary/aromatic N) is 3. The molecule has 1 saturated heterocycles. The fourth-order valence-electron chi connectivity index (χ4n) is 3.76. The standard InChI is InChI=1S/C22H25N3O3S/c26-25(27)18-6-8-19(9-7-18)28-16-2-1-11-23-12-14-24(15-13-23)21-4-3-5-22-20(21)10-17-29-22/h3-10,17H,1-2,11-16H2. The lowest BCUT2D eigenvalue weighted by molar-refractivity contribution is -0.384. The average molecular weight is 412 g/mol. The lowest BCUT2D eigenvalue weighted by Crippen LogP contribution is -2.46. The van der Waals surface area contributed by atoms with E-state index in [-0.39, 0.29) is 5.69 Å². The minimum absolute atomic E-state index is 0.0896. The molecule has 152 valence electrons. The fourth-order valence-corrected chi connectivity index (χ4v) is 4.57. The normalized spacial score (nSPS) is 15.0. The molecule has 0 amide bonds. The van der Waals surface area contributed by atoms with Gasteiger partial charge in [0.15, 0.2) is 0 Å². The largest absolute Gasteiger partial charge is 0.494 e. The zero-order chi connectivity index (χ0) is 20.1. The quantitative estimate of drug-likeness (QED) is 0.303. The third kappa shape index (κ3) is 4.86. The van der Waals surface area contributed by atoms with Crippen molar-refractivity contribution in [3.05, 3.63) is 64.0 Å². The zero-order valence-corrected chi connectivity index (χ0v) is 17.1. The zero-order valence-electron chi connectivity index (χ0n) is 16.3. The lowest BCUT2D eigenvalue weighted by Gasteiger charge is -2.36. The molecule has 0 aliphatic carbocycles. The Bertz CT molecular complexity index is 949. The van der Waals surface area contributed by atoms with Gasteiger partial charge in [0.2, 0.25) is 0 Å². The number of anilines is 1. The van der Waals surface area contributed by atoms with Gasteiger partial charge in [-0.25, -0.2) is 0 Å². The molecule has 2 aromatic carbocycles. The minimum atomic E-state index is -0.398. The summed E-state index contributed by atoms with van der Waals surface area (Å²) in [6.45, 7) is 6.02. The van der Waals surface area contributed by atoms with Gasteiger partial charge in [-0.05, 0) is 55.1 Å². The van der Waals surface area contributed by atoms with E-state index in [2.05, 4.69) is 39.4 Å². The van der Waals surface area contributed by atoms with Crippen LogP contribution in [0.5, 0.6) is 5.75 Å². The number of hydrogen-bond acceptors (Lipinski definition) is 6. The van der Waals surface area contributed by atoms with Gasteiger partial charge in [-0.2, -0.15) is 0 Å². The van der Waals surface area contributed by atoms with E-state index in [4.69, 9.17) is 4.74 Å². The van der Waals surface area contributed by atoms with Gasteiger partial charge < -0.3 is 9.64 Å². The molecule has 0 spiro atoms. The molecule has 1 aliphatic heterocycles. The smallest absolute Gasteiger partial charge is 0.269 e. The summed E-state index contributed by atoms with van der Waals surface area (Å²) in [5.41, 5.74) is 1.45. The van der Waals surface area contributed by atoms with Crippen LogP contribution in [0.2, 0.25) is 0 Å². The van der Waals surface area contributed by atoms with Gasteiger partial charge in [-0.15, -0.1) is 11.3 Å². The molecule has 0 bridgehead atoms. The molecule has 2 heterocycles. The molecular weight excluding hydrogens is 386 g/mol. The van der Waals surface area contributed by atoms with E-state index in [0.717, 1.165) is 45.6 Å². The highest BCUT2D eigenvalue weighted by Crippen LogP contribution is 2.31. The third-order valence-electron chi connectivity index (χ3n) is 5.37. The summed E-state index contributed by atoms with van der Waals surface area (Å²) in [7, 11) is 0. The highest BCUT2D eigenvalue weighted by atomic mass is 32.1. The number of benzene rings is 2. The number of thiophene rings is 1. The van der Waals surface area contributed by atoms with Crippen LogP contribution in [0.4, 0.5) is 11.4 Å². The van der Waals surface area contributed by atoms with Crippen LogP contribution < -0.4 is 9.64 Å². The molecule has 1 fully saturated rings. The van der Waals surface area contributed by atoms with Gasteiger partial charge in [-0.1, -0.05) is 6.07 Å². The summed E-state index contributed by atoms with van der Waals surface area (Å²) in [6, 6.07) is 15.1. The van der Waals surface area contributed by atoms with Gasteiger partial charge in [0.25, 0.3) is 5.69 Å². The molecule has 0 atom stereocenters. The van der Waals surface area contributed by atoms with E-state index in [1.807, 2.05) is 0 Å². The number of piperazine rings is 1. The Labute approximate surface area is 174 Å². The fraction of sp³-hybridized carbons (Fsp3) is 0.364. The van der Waals surface area contributed by atoms with Crippen molar-refractivity contribution >= 4 is 32.8 Å². The highest BCUT2D eigenvalue weighted by Gasteiger charge is 2.18. The third-order valence-corrected chi connectivity index (χ3v) is 6.25. The lowest BCUT2D eigenvalue weighted by atomic mass is 10.2. The second-order valence-electron chi connectivity index (χ2n) is 7.24. The number of non-ortho nitro benzene ring substituents is 1. The number of unbranched alkanes of at least 4 members (excludes halogenated alkanes) is 1. The molecule has 1 aliphatic rings. The van der Waals surface area contributed by atoms with Crippen LogP contribution in [0, 0.1) is 10.1 Å². The van der Waals surface area contributed by atoms with Crippen LogP contribution in [0.25, 0.3) is 10.1 Å². The Balaban J connectivity index is 1.16. The monoisotopic (exact) mass is 411 g/mol. The van der Waals surface area contributed by atoms with Crippen molar-refractivity contribution in [2.45, 2.75) is 12.8 Å². The van der Waals surface area contributed by atoms with Crippen molar-refractivity contribution in [3.8, 4) is 5.75 Å². The summed E-state index contributed by atoms with van der Waals surface area (Å²) in [5.74, 6) is 0.687. The van der Waals surface area contributed by atoms with Crippen LogP contribution in [0.1, 0.15) is 12.8 Å². The van der Waals surface area contributed by atoms with Crippen molar-refractivity contribution in [2.75, 3.05) is 44.2 Å². The number of nitro benzene ring substituents is 1. The molecule has 3 aromatic rings. The van der Waals surface area contributed by atoms with Gasteiger partial charge in [0, 0.05) is 54.1 Å². The molecule has 1 aromatic heterocycles. The Hall–Kier alpha value is -2.64. The molecule has 4 rings (SSSR count). The van der Waals surface area contributed by atoms with Gasteiger partial charge in [0.1, 0.15) is 5.75 Å². The maximum atomic E-state index is 10.7. The van der Waals surface area contributed by atoms with E-state index in [9.17, 15) is 10.1 Å². The summed E-state index contributed by atoms with van der Waals surface area (Å²) >= 11 is 1.80. The van der Waals surface area contributed by atoms with Gasteiger partial charge in [0.05, 0.1) is 11.5 Å². The molecular formula is C22H25N3O3S. The number of ether oxygens (including phenoxy) is 1. The predicted octanol–water partition coefficient (Wildman–Crippen LogP) is 4.79. The number of nitro groups is 1. The summed E-state index contributed by atoms with van der Waals surface area (Å²) in [6.07, 6.45) is 2.07. The van der Waals surface area contributed by atoms with Crippen LogP contribution in [-0.4, -0.2) is 49.2 Å². The minimum Gasteiger partial charge on any atom is -0.494 e. The topological polar surface area (TPSA) is 58.9 Å². The van der Waals surface area contributed by atoms with Crippen molar-refractivity contribution < 1.29 is 9.66 Å². The Morgan fingerprint density at radius 2 is 1.79 bits per heavy atom. The summed E-state index contributed by atoms with van der Waals surface area (Å²) < 4.78 is 7.05. The van der Waals surface area contributed by atoms with Crippen LogP contribution in [0.15, 0.2) is 53.9 Å². The first-order valence-corrected chi connectivity index (χ1v) is 10.9. The van der Waals surface area contributed by atoms with E-state index < -0.39 is 4.92 Å². The summed E-state index contributed by atoms with van der Waals surface area (Å²) in [5, 5.41) is 14.2. The number of fused-ring (bicyclic) bond motifs is 1. The first kappa shape index (κ1) is 19.7. The summed E-state index contributed by atoms with van der Waals surface area (Å²) in [4.78, 5) is 15.3. The first-order valence-electron chi connectivity index (χ1n) is 10.0. The Kier molecular flexibility index (Phi) is 6.27. The number of rotatable bonds is 8. The van der Waals surface area contributed by atoms with Crippen molar-refractivity contribution in [1.29, 1.82) is 0 Å². The maximum Gasteiger partial charge on any atom is 0.269 e. The van der Waals surface area contributed by atoms with Crippen molar-refractivity contribution in [3.63, 3.8) is 0 Å². The molecule has 7 heteroatoms. The highest BCUT2D eigenvalue weighted by molar-refractivity contribution is 7.17. The second kappa shape index (κ2) is 9.24. The van der Waals surface area contributed by atoms with Crippen LogP contribution in [-0.2, 0) is 0 Å². The molecule has 6 nitrogen and oxygen atoms in total.